The summed E-state index contributed by atoms with van der Waals surface area (Å²) in [5, 5.41) is 17.4. The molecule has 0 spiro atoms. The smallest absolute Gasteiger partial charge is 0.0582 e. The first-order chi connectivity index (χ1) is 57.2. The molecule has 542 valence electrons. The number of fused-ring (bicyclic) bond motifs is 16. The van der Waals surface area contributed by atoms with Gasteiger partial charge >= 0.3 is 0 Å². The average Bonchev–Trinajstić information content (AvgIpc) is 0.981. The van der Waals surface area contributed by atoms with Crippen LogP contribution in [0.2, 0.25) is 0 Å². The minimum atomic E-state index is -0.161. The molecule has 0 saturated carbocycles. The molecule has 0 radical (unpaired) electrons. The SMILES string of the molecule is CC1(C)c2ccccc2-n2c3ccc(-c4ccc(-c5c(-c6ccc(-c7ccc8c(c7)c7cccc9c7n8-c7ccccc7C9(C)C)cc6)c(-c6ccccc6)c6c7cccc8c9c(-c%10ccccc%10)c(-c%10ccccc%10)c(-c%10ccccc%10)c(-c%10ccccc%10)c9c9cccc(c6c5-c5ccccc5)c9c87)cc4)cc3c3cccc1c32. The van der Waals surface area contributed by atoms with Crippen molar-refractivity contribution >= 4 is 97.5 Å². The Bertz CT molecular complexity index is 7370. The van der Waals surface area contributed by atoms with E-state index in [-0.39, 0.29) is 10.8 Å². The van der Waals surface area contributed by atoms with Crippen LogP contribution in [-0.2, 0) is 10.8 Å². The maximum Gasteiger partial charge on any atom is 0.0582 e. The molecule has 0 bridgehead atoms. The Morgan fingerprint density at radius 2 is 0.397 bits per heavy atom. The van der Waals surface area contributed by atoms with Gasteiger partial charge in [-0.1, -0.05) is 380 Å². The molecule has 24 rings (SSSR count). The average molecular weight is 1470 g/mol. The summed E-state index contributed by atoms with van der Waals surface area (Å²) in [5.41, 5.74) is 36.2. The number of hydrogen-bond acceptors (Lipinski definition) is 0. The van der Waals surface area contributed by atoms with Crippen LogP contribution in [0.5, 0.6) is 0 Å². The Hall–Kier alpha value is -14.4. The summed E-state index contributed by atoms with van der Waals surface area (Å²) in [7, 11) is 0. The molecule has 2 aliphatic rings. The normalized spacial score (nSPS) is 13.3. The van der Waals surface area contributed by atoms with Crippen LogP contribution in [0.4, 0.5) is 0 Å². The summed E-state index contributed by atoms with van der Waals surface area (Å²) in [6, 6.07) is 148. The van der Waals surface area contributed by atoms with Crippen LogP contribution in [0.1, 0.15) is 49.9 Å². The van der Waals surface area contributed by atoms with Gasteiger partial charge in [0.15, 0.2) is 0 Å². The molecule has 2 nitrogen and oxygen atoms in total. The van der Waals surface area contributed by atoms with Gasteiger partial charge in [0.2, 0.25) is 0 Å². The van der Waals surface area contributed by atoms with E-state index in [0.717, 1.165) is 33.4 Å². The molecule has 0 aliphatic carbocycles. The first kappa shape index (κ1) is 66.2. The fourth-order valence-corrected chi connectivity index (χ4v) is 21.3. The van der Waals surface area contributed by atoms with E-state index in [4.69, 9.17) is 0 Å². The Kier molecular flexibility index (Phi) is 14.3. The van der Waals surface area contributed by atoms with Crippen LogP contribution in [0.25, 0.3) is 220 Å². The molecule has 0 saturated heterocycles. The highest BCUT2D eigenvalue weighted by Crippen LogP contribution is 2.61. The molecule has 2 heteroatoms. The number of benzene rings is 20. The van der Waals surface area contributed by atoms with Crippen molar-refractivity contribution in [3.8, 4) is 123 Å². The number of aromatic nitrogens is 2. The van der Waals surface area contributed by atoms with Crippen LogP contribution in [0, 0.1) is 0 Å². The largest absolute Gasteiger partial charge is 0.309 e. The molecule has 0 fully saturated rings. The Morgan fingerprint density at radius 1 is 0.164 bits per heavy atom. The number of hydrogen-bond donors (Lipinski definition) is 0. The molecule has 20 aromatic carbocycles. The second-order valence-corrected chi connectivity index (χ2v) is 33.1. The predicted octanol–water partition coefficient (Wildman–Crippen LogP) is 31.0. The first-order valence-corrected chi connectivity index (χ1v) is 40.8. The zero-order valence-electron chi connectivity index (χ0n) is 64.8. The Labute approximate surface area is 673 Å². The molecule has 0 unspecified atom stereocenters. The minimum absolute atomic E-state index is 0.161. The Balaban J connectivity index is 0.825. The summed E-state index contributed by atoms with van der Waals surface area (Å²) in [4.78, 5) is 0. The van der Waals surface area contributed by atoms with Gasteiger partial charge in [-0.3, -0.25) is 0 Å². The van der Waals surface area contributed by atoms with Gasteiger partial charge in [-0.2, -0.15) is 0 Å². The van der Waals surface area contributed by atoms with Crippen molar-refractivity contribution in [3.05, 3.63) is 411 Å². The van der Waals surface area contributed by atoms with Crippen molar-refractivity contribution in [1.82, 2.24) is 9.13 Å². The summed E-state index contributed by atoms with van der Waals surface area (Å²) in [5.74, 6) is 0. The summed E-state index contributed by atoms with van der Waals surface area (Å²) >= 11 is 0. The predicted molar refractivity (Wildman–Crippen MR) is 492 cm³/mol. The zero-order chi connectivity index (χ0) is 76.8. The molecule has 0 atom stereocenters. The fraction of sp³-hybridized carbons (Fsp3) is 0.0526. The molecule has 2 aliphatic heterocycles. The van der Waals surface area contributed by atoms with Gasteiger partial charge in [-0.25, -0.2) is 0 Å². The van der Waals surface area contributed by atoms with E-state index in [2.05, 4.69) is 425 Å². The fourth-order valence-electron chi connectivity index (χ4n) is 21.3. The lowest BCUT2D eigenvalue weighted by atomic mass is 9.73. The van der Waals surface area contributed by atoms with Gasteiger partial charge in [-0.15, -0.1) is 0 Å². The third-order valence-corrected chi connectivity index (χ3v) is 26.4. The van der Waals surface area contributed by atoms with E-state index in [1.807, 2.05) is 0 Å². The van der Waals surface area contributed by atoms with E-state index in [9.17, 15) is 0 Å². The highest BCUT2D eigenvalue weighted by molar-refractivity contribution is 6.47. The van der Waals surface area contributed by atoms with Gasteiger partial charge in [0.05, 0.1) is 33.4 Å². The van der Waals surface area contributed by atoms with Crippen molar-refractivity contribution in [2.24, 2.45) is 0 Å². The van der Waals surface area contributed by atoms with Crippen molar-refractivity contribution in [2.45, 2.75) is 38.5 Å². The van der Waals surface area contributed by atoms with Crippen molar-refractivity contribution in [1.29, 1.82) is 0 Å². The van der Waals surface area contributed by atoms with Gasteiger partial charge in [0.25, 0.3) is 0 Å². The van der Waals surface area contributed by atoms with E-state index in [0.29, 0.717) is 0 Å². The van der Waals surface area contributed by atoms with E-state index < -0.39 is 0 Å². The quantitative estimate of drug-likeness (QED) is 0.0954. The summed E-state index contributed by atoms with van der Waals surface area (Å²) in [6.45, 7) is 9.53. The number of nitrogens with zero attached hydrogens (tertiary/aromatic N) is 2. The van der Waals surface area contributed by atoms with Crippen LogP contribution < -0.4 is 0 Å². The monoisotopic (exact) mass is 1470 g/mol. The molecule has 2 aromatic heterocycles. The minimum Gasteiger partial charge on any atom is -0.309 e. The second kappa shape index (κ2) is 25.0. The summed E-state index contributed by atoms with van der Waals surface area (Å²) in [6.07, 6.45) is 0. The van der Waals surface area contributed by atoms with Gasteiger partial charge in [-0.05, 0) is 224 Å². The van der Waals surface area contributed by atoms with Crippen LogP contribution in [0.3, 0.4) is 0 Å². The highest BCUT2D eigenvalue weighted by atomic mass is 15.0. The van der Waals surface area contributed by atoms with Gasteiger partial charge in [0, 0.05) is 32.4 Å². The zero-order valence-corrected chi connectivity index (χ0v) is 64.8. The molecule has 4 heterocycles. The van der Waals surface area contributed by atoms with Gasteiger partial charge in [0.1, 0.15) is 0 Å². The van der Waals surface area contributed by atoms with E-state index in [1.165, 1.54) is 209 Å². The molecule has 0 N–H and O–H groups in total. The highest BCUT2D eigenvalue weighted by Gasteiger charge is 2.38. The number of para-hydroxylation sites is 4. The van der Waals surface area contributed by atoms with Crippen molar-refractivity contribution < 1.29 is 0 Å². The topological polar surface area (TPSA) is 9.86 Å². The van der Waals surface area contributed by atoms with Crippen LogP contribution in [-0.4, -0.2) is 9.13 Å². The van der Waals surface area contributed by atoms with E-state index in [1.54, 1.807) is 0 Å². The van der Waals surface area contributed by atoms with Crippen LogP contribution >= 0.6 is 0 Å². The number of rotatable bonds is 10. The maximum atomic E-state index is 2.52. The van der Waals surface area contributed by atoms with Crippen molar-refractivity contribution in [2.75, 3.05) is 0 Å². The molecule has 0 amide bonds. The second-order valence-electron chi connectivity index (χ2n) is 33.1. The standard InChI is InChI=1S/C114H76N2/c1-113(2)89-49-23-25-53-95(89)115-93-65-63-79(67-87(93)81-43-29-51-91(113)111(81)115)69-55-59-77(60-56-69)99-100(78-61-57-70(58-62-78)80-64-66-94-88(68-80)82-44-30-52-92-112(82)116(94)96-54-26-24-50-90(96)114(92,3)4)104(76-41-21-10-22-42-76)110-86-48-28-46-84-106(86)105-83(45-27-47-85(105)109(110)103(99)75-39-19-9-20-40-75)107-101(73-35-15-7-16-36-73)97(71-31-11-5-12-32-71)98(72-33-13-6-14-34-72)102(108(84)107)74-37-17-8-18-38-74/h5-68H,1-4H3. The van der Waals surface area contributed by atoms with Gasteiger partial charge < -0.3 is 9.13 Å². The molecular formula is C114H76N2. The Morgan fingerprint density at radius 3 is 0.707 bits per heavy atom. The molecule has 116 heavy (non-hydrogen) atoms. The maximum absolute atomic E-state index is 2.52. The third kappa shape index (κ3) is 9.35. The van der Waals surface area contributed by atoms with Crippen molar-refractivity contribution in [3.63, 3.8) is 0 Å². The molecular weight excluding hydrogens is 1400 g/mol. The lowest BCUT2D eigenvalue weighted by molar-refractivity contribution is 0.630. The lowest BCUT2D eigenvalue weighted by Crippen LogP contribution is -2.26. The van der Waals surface area contributed by atoms with E-state index >= 15 is 0 Å². The summed E-state index contributed by atoms with van der Waals surface area (Å²) < 4.78 is 5.05. The molecule has 22 aromatic rings. The third-order valence-electron chi connectivity index (χ3n) is 26.4. The lowest BCUT2D eigenvalue weighted by Gasteiger charge is -2.34. The van der Waals surface area contributed by atoms with Crippen LogP contribution in [0.15, 0.2) is 388 Å². The first-order valence-electron chi connectivity index (χ1n) is 40.8.